The standard InChI is InChI=1S/C14H22N2O3/c1-4-16-14(17)11-6-7-12(15)13(8-11)19-10(3)9-18-5-2/h6-8,10H,4-5,9,15H2,1-3H3,(H,16,17). The van der Waals surface area contributed by atoms with Gasteiger partial charge in [-0.15, -0.1) is 0 Å². The minimum Gasteiger partial charge on any atom is -0.486 e. The van der Waals surface area contributed by atoms with Gasteiger partial charge in [-0.3, -0.25) is 4.79 Å². The first-order chi connectivity index (χ1) is 9.08. The molecule has 5 nitrogen and oxygen atoms in total. The number of hydrogen-bond acceptors (Lipinski definition) is 4. The third-order valence-corrected chi connectivity index (χ3v) is 2.50. The normalized spacial score (nSPS) is 11.9. The molecule has 0 spiro atoms. The van der Waals surface area contributed by atoms with Gasteiger partial charge >= 0.3 is 0 Å². The summed E-state index contributed by atoms with van der Waals surface area (Å²) in [6.45, 7) is 7.41. The number of hydrogen-bond donors (Lipinski definition) is 2. The van der Waals surface area contributed by atoms with E-state index in [2.05, 4.69) is 5.32 Å². The number of carbonyl (C=O) groups excluding carboxylic acids is 1. The number of carbonyl (C=O) groups is 1. The Labute approximate surface area is 114 Å². The molecule has 1 atom stereocenters. The van der Waals surface area contributed by atoms with E-state index in [-0.39, 0.29) is 12.0 Å². The van der Waals surface area contributed by atoms with Crippen molar-refractivity contribution in [1.29, 1.82) is 0 Å². The van der Waals surface area contributed by atoms with Crippen molar-refractivity contribution >= 4 is 11.6 Å². The maximum Gasteiger partial charge on any atom is 0.251 e. The van der Waals surface area contributed by atoms with Gasteiger partial charge < -0.3 is 20.5 Å². The molecule has 0 bridgehead atoms. The Kier molecular flexibility index (Phi) is 6.15. The Morgan fingerprint density at radius 2 is 2.16 bits per heavy atom. The Hall–Kier alpha value is -1.75. The van der Waals surface area contributed by atoms with Crippen molar-refractivity contribution < 1.29 is 14.3 Å². The van der Waals surface area contributed by atoms with Gasteiger partial charge in [0.2, 0.25) is 0 Å². The molecule has 1 rings (SSSR count). The molecule has 1 unspecified atom stereocenters. The number of rotatable bonds is 7. The fourth-order valence-electron chi connectivity index (χ4n) is 1.57. The number of ether oxygens (including phenoxy) is 2. The van der Waals surface area contributed by atoms with Gasteiger partial charge in [0.25, 0.3) is 5.91 Å². The second-order valence-electron chi connectivity index (χ2n) is 4.20. The van der Waals surface area contributed by atoms with Gasteiger partial charge in [0, 0.05) is 18.7 Å². The largest absolute Gasteiger partial charge is 0.486 e. The molecule has 3 N–H and O–H groups in total. The molecule has 0 aliphatic carbocycles. The summed E-state index contributed by atoms with van der Waals surface area (Å²) in [5.74, 6) is 0.376. The minimum absolute atomic E-state index is 0.119. The molecule has 1 aromatic rings. The molecule has 0 heterocycles. The van der Waals surface area contributed by atoms with Gasteiger partial charge in [-0.1, -0.05) is 0 Å². The van der Waals surface area contributed by atoms with Crippen molar-refractivity contribution in [2.24, 2.45) is 0 Å². The molecule has 0 aromatic heterocycles. The lowest BCUT2D eigenvalue weighted by molar-refractivity contribution is 0.0660. The Bertz CT molecular complexity index is 421. The van der Waals surface area contributed by atoms with Crippen LogP contribution < -0.4 is 15.8 Å². The monoisotopic (exact) mass is 266 g/mol. The molecular weight excluding hydrogens is 244 g/mol. The molecule has 106 valence electrons. The maximum atomic E-state index is 11.7. The lowest BCUT2D eigenvalue weighted by Crippen LogP contribution is -2.23. The average Bonchev–Trinajstić information content (AvgIpc) is 2.39. The van der Waals surface area contributed by atoms with E-state index >= 15 is 0 Å². The lowest BCUT2D eigenvalue weighted by Gasteiger charge is -2.16. The first-order valence-corrected chi connectivity index (χ1v) is 6.50. The van der Waals surface area contributed by atoms with E-state index in [1.54, 1.807) is 18.2 Å². The van der Waals surface area contributed by atoms with Gasteiger partial charge in [0.1, 0.15) is 11.9 Å². The van der Waals surface area contributed by atoms with E-state index in [0.717, 1.165) is 0 Å². The van der Waals surface area contributed by atoms with Gasteiger partial charge in [0.05, 0.1) is 12.3 Å². The molecule has 0 radical (unpaired) electrons. The van der Waals surface area contributed by atoms with Gasteiger partial charge in [-0.05, 0) is 39.0 Å². The molecule has 0 fully saturated rings. The predicted octanol–water partition coefficient (Wildman–Crippen LogP) is 1.82. The summed E-state index contributed by atoms with van der Waals surface area (Å²) in [6, 6.07) is 5.01. The Balaban J connectivity index is 2.76. The summed E-state index contributed by atoms with van der Waals surface area (Å²) in [7, 11) is 0. The summed E-state index contributed by atoms with van der Waals surface area (Å²) in [6.07, 6.45) is -0.119. The number of amides is 1. The van der Waals surface area contributed by atoms with Crippen LogP contribution in [0.25, 0.3) is 0 Å². The zero-order valence-corrected chi connectivity index (χ0v) is 11.7. The quantitative estimate of drug-likeness (QED) is 0.738. The van der Waals surface area contributed by atoms with Crippen LogP contribution in [0.5, 0.6) is 5.75 Å². The number of benzene rings is 1. The molecule has 1 aromatic carbocycles. The molecule has 1 amide bonds. The van der Waals surface area contributed by atoms with Gasteiger partial charge in [-0.2, -0.15) is 0 Å². The first kappa shape index (κ1) is 15.3. The summed E-state index contributed by atoms with van der Waals surface area (Å²) in [5, 5.41) is 2.74. The van der Waals surface area contributed by atoms with Crippen LogP contribution in [0, 0.1) is 0 Å². The summed E-state index contributed by atoms with van der Waals surface area (Å²) >= 11 is 0. The smallest absolute Gasteiger partial charge is 0.251 e. The average molecular weight is 266 g/mol. The van der Waals surface area contributed by atoms with Crippen molar-refractivity contribution in [1.82, 2.24) is 5.32 Å². The van der Waals surface area contributed by atoms with E-state index in [9.17, 15) is 4.79 Å². The minimum atomic E-state index is -0.134. The predicted molar refractivity (Wildman–Crippen MR) is 75.4 cm³/mol. The molecular formula is C14H22N2O3. The van der Waals surface area contributed by atoms with Gasteiger partial charge in [0.15, 0.2) is 0 Å². The highest BCUT2D eigenvalue weighted by atomic mass is 16.5. The second kappa shape index (κ2) is 7.63. The van der Waals surface area contributed by atoms with Crippen LogP contribution in [0.2, 0.25) is 0 Å². The van der Waals surface area contributed by atoms with Crippen molar-refractivity contribution in [2.75, 3.05) is 25.5 Å². The molecule has 0 aliphatic heterocycles. The third kappa shape index (κ3) is 4.79. The van der Waals surface area contributed by atoms with Crippen molar-refractivity contribution in [3.8, 4) is 5.75 Å². The molecule has 0 saturated carbocycles. The Morgan fingerprint density at radius 3 is 2.79 bits per heavy atom. The van der Waals surface area contributed by atoms with Crippen molar-refractivity contribution in [3.63, 3.8) is 0 Å². The van der Waals surface area contributed by atoms with Crippen molar-refractivity contribution in [3.05, 3.63) is 23.8 Å². The fourth-order valence-corrected chi connectivity index (χ4v) is 1.57. The van der Waals surface area contributed by atoms with Crippen LogP contribution in [0.1, 0.15) is 31.1 Å². The van der Waals surface area contributed by atoms with E-state index in [1.165, 1.54) is 0 Å². The number of nitrogen functional groups attached to an aromatic ring is 1. The van der Waals surface area contributed by atoms with E-state index < -0.39 is 0 Å². The van der Waals surface area contributed by atoms with E-state index in [0.29, 0.717) is 36.8 Å². The van der Waals surface area contributed by atoms with Crippen LogP contribution in [0.15, 0.2) is 18.2 Å². The van der Waals surface area contributed by atoms with Gasteiger partial charge in [-0.25, -0.2) is 0 Å². The Morgan fingerprint density at radius 1 is 1.42 bits per heavy atom. The van der Waals surface area contributed by atoms with Crippen molar-refractivity contribution in [2.45, 2.75) is 26.9 Å². The number of nitrogens with two attached hydrogens (primary N) is 1. The molecule has 0 saturated heterocycles. The highest BCUT2D eigenvalue weighted by molar-refractivity contribution is 5.95. The third-order valence-electron chi connectivity index (χ3n) is 2.50. The summed E-state index contributed by atoms with van der Waals surface area (Å²) in [5.41, 5.74) is 6.89. The topological polar surface area (TPSA) is 73.6 Å². The zero-order chi connectivity index (χ0) is 14.3. The molecule has 5 heteroatoms. The highest BCUT2D eigenvalue weighted by Gasteiger charge is 2.11. The lowest BCUT2D eigenvalue weighted by atomic mass is 10.1. The number of nitrogens with one attached hydrogen (secondary N) is 1. The highest BCUT2D eigenvalue weighted by Crippen LogP contribution is 2.24. The summed E-state index contributed by atoms with van der Waals surface area (Å²) in [4.78, 5) is 11.7. The molecule has 0 aliphatic rings. The van der Waals surface area contributed by atoms with E-state index in [4.69, 9.17) is 15.2 Å². The van der Waals surface area contributed by atoms with Crippen LogP contribution >= 0.6 is 0 Å². The maximum absolute atomic E-state index is 11.7. The zero-order valence-electron chi connectivity index (χ0n) is 11.7. The van der Waals surface area contributed by atoms with E-state index in [1.807, 2.05) is 20.8 Å². The summed E-state index contributed by atoms with van der Waals surface area (Å²) < 4.78 is 11.0. The van der Waals surface area contributed by atoms with Crippen LogP contribution in [-0.4, -0.2) is 31.8 Å². The van der Waals surface area contributed by atoms with Crippen LogP contribution in [-0.2, 0) is 4.74 Å². The number of anilines is 1. The van der Waals surface area contributed by atoms with Crippen LogP contribution in [0.4, 0.5) is 5.69 Å². The fraction of sp³-hybridized carbons (Fsp3) is 0.500. The first-order valence-electron chi connectivity index (χ1n) is 6.50. The SMILES string of the molecule is CCNC(=O)c1ccc(N)c(OC(C)COCC)c1. The van der Waals surface area contributed by atoms with Crippen LogP contribution in [0.3, 0.4) is 0 Å². The second-order valence-corrected chi connectivity index (χ2v) is 4.20. The molecule has 19 heavy (non-hydrogen) atoms.